The highest BCUT2D eigenvalue weighted by molar-refractivity contribution is 6.56. The first kappa shape index (κ1) is 27.8. The highest BCUT2D eigenvalue weighted by Gasteiger charge is 2.52. The van der Waals surface area contributed by atoms with Gasteiger partial charge >= 0.3 is 13.2 Å². The van der Waals surface area contributed by atoms with Crippen molar-refractivity contribution >= 4 is 19.3 Å². The summed E-state index contributed by atoms with van der Waals surface area (Å²) < 4.78 is 29.4. The molecule has 3 aromatic rings. The SMILES string of the molecule is COc1ccc(OC)c(C=C(CNC(=O)OCC2c3ccccc3-c3ccccc32)B2OC(C)(C)C(C)(C)O2)c1. The lowest BCUT2D eigenvalue weighted by Gasteiger charge is -2.32. The first-order valence-corrected chi connectivity index (χ1v) is 13.5. The van der Waals surface area contributed by atoms with Gasteiger partial charge in [0.15, 0.2) is 0 Å². The zero-order chi connectivity index (χ0) is 28.5. The molecule has 0 spiro atoms. The molecule has 1 aliphatic heterocycles. The predicted molar refractivity (Wildman–Crippen MR) is 157 cm³/mol. The molecule has 0 aromatic heterocycles. The lowest BCUT2D eigenvalue weighted by atomic mass is 9.77. The zero-order valence-electron chi connectivity index (χ0n) is 23.9. The van der Waals surface area contributed by atoms with E-state index in [4.69, 9.17) is 23.5 Å². The summed E-state index contributed by atoms with van der Waals surface area (Å²) in [5.74, 6) is 1.33. The van der Waals surface area contributed by atoms with Crippen molar-refractivity contribution < 1.29 is 28.3 Å². The maximum atomic E-state index is 13.0. The van der Waals surface area contributed by atoms with Gasteiger partial charge < -0.3 is 28.8 Å². The van der Waals surface area contributed by atoms with Crippen molar-refractivity contribution in [3.8, 4) is 22.6 Å². The van der Waals surface area contributed by atoms with Crippen LogP contribution in [0.3, 0.4) is 0 Å². The number of ether oxygens (including phenoxy) is 3. The minimum atomic E-state index is -0.671. The summed E-state index contributed by atoms with van der Waals surface area (Å²) in [5.41, 5.74) is 5.12. The summed E-state index contributed by atoms with van der Waals surface area (Å²) in [7, 11) is 2.56. The van der Waals surface area contributed by atoms with Gasteiger partial charge in [0.2, 0.25) is 0 Å². The molecule has 208 valence electrons. The summed E-state index contributed by atoms with van der Waals surface area (Å²) in [6.07, 6.45) is 1.40. The molecule has 3 aromatic carbocycles. The van der Waals surface area contributed by atoms with Crippen molar-refractivity contribution in [1.29, 1.82) is 0 Å². The Bertz CT molecular complexity index is 1370. The van der Waals surface area contributed by atoms with Crippen LogP contribution in [-0.2, 0) is 14.0 Å². The molecule has 8 heteroatoms. The zero-order valence-corrected chi connectivity index (χ0v) is 23.9. The number of alkyl carbamates (subject to hydrolysis) is 1. The Morgan fingerprint density at radius 2 is 1.50 bits per heavy atom. The number of amides is 1. The van der Waals surface area contributed by atoms with Gasteiger partial charge in [-0.1, -0.05) is 54.6 Å². The smallest absolute Gasteiger partial charge is 0.492 e. The summed E-state index contributed by atoms with van der Waals surface area (Å²) in [6.45, 7) is 8.38. The van der Waals surface area contributed by atoms with Gasteiger partial charge in [0.05, 0.1) is 25.4 Å². The minimum absolute atomic E-state index is 0.0164. The number of benzene rings is 3. The average molecular weight is 541 g/mol. The highest BCUT2D eigenvalue weighted by Crippen LogP contribution is 2.44. The number of hydrogen-bond donors (Lipinski definition) is 1. The third kappa shape index (κ3) is 5.34. The van der Waals surface area contributed by atoms with Crippen molar-refractivity contribution in [1.82, 2.24) is 5.32 Å². The molecule has 1 fully saturated rings. The van der Waals surface area contributed by atoms with Crippen LogP contribution in [0, 0.1) is 0 Å². The van der Waals surface area contributed by atoms with Crippen LogP contribution in [0.4, 0.5) is 4.79 Å². The van der Waals surface area contributed by atoms with Crippen LogP contribution in [-0.4, -0.2) is 51.8 Å². The second-order valence-corrected chi connectivity index (χ2v) is 11.1. The van der Waals surface area contributed by atoms with Gasteiger partial charge in [-0.15, -0.1) is 0 Å². The summed E-state index contributed by atoms with van der Waals surface area (Å²) in [5, 5.41) is 2.91. The second-order valence-electron chi connectivity index (χ2n) is 11.1. The van der Waals surface area contributed by atoms with Crippen molar-refractivity contribution in [2.75, 3.05) is 27.4 Å². The maximum absolute atomic E-state index is 13.0. The van der Waals surface area contributed by atoms with Gasteiger partial charge in [0.25, 0.3) is 0 Å². The number of hydrogen-bond acceptors (Lipinski definition) is 6. The second kappa shape index (κ2) is 11.0. The van der Waals surface area contributed by atoms with E-state index in [1.807, 2.05) is 76.2 Å². The Hall–Kier alpha value is -3.75. The number of fused-ring (bicyclic) bond motifs is 3. The Balaban J connectivity index is 1.34. The van der Waals surface area contributed by atoms with Crippen LogP contribution in [0.1, 0.15) is 50.3 Å². The fraction of sp³-hybridized carbons (Fsp3) is 0.344. The first-order chi connectivity index (χ1) is 19.1. The molecule has 1 aliphatic carbocycles. The minimum Gasteiger partial charge on any atom is -0.497 e. The van der Waals surface area contributed by atoms with Gasteiger partial charge in [0.1, 0.15) is 18.1 Å². The van der Waals surface area contributed by atoms with E-state index in [1.165, 1.54) is 22.3 Å². The Morgan fingerprint density at radius 3 is 2.08 bits per heavy atom. The molecule has 1 N–H and O–H groups in total. The fourth-order valence-corrected chi connectivity index (χ4v) is 5.17. The maximum Gasteiger partial charge on any atom is 0.492 e. The normalized spacial score (nSPS) is 17.2. The average Bonchev–Trinajstić information content (AvgIpc) is 3.38. The standard InChI is InChI=1S/C32H36BNO6/c1-31(2)32(3,4)40-33(39-31)22(17-21-18-23(36-5)15-16-29(21)37-6)19-34-30(35)38-20-28-26-13-9-7-11-24(26)25-12-8-10-14-27(25)28/h7-18,28H,19-20H2,1-6H3,(H,34,35). The molecule has 0 radical (unpaired) electrons. The molecule has 0 bridgehead atoms. The Kier molecular flexibility index (Phi) is 7.66. The molecule has 0 atom stereocenters. The van der Waals surface area contributed by atoms with E-state index in [9.17, 15) is 4.79 Å². The molecule has 5 rings (SSSR count). The van der Waals surface area contributed by atoms with Crippen LogP contribution in [0.15, 0.2) is 72.2 Å². The molecular weight excluding hydrogens is 505 g/mol. The quantitative estimate of drug-likeness (QED) is 0.340. The topological polar surface area (TPSA) is 75.3 Å². The van der Waals surface area contributed by atoms with Crippen LogP contribution in [0.2, 0.25) is 0 Å². The molecule has 2 aliphatic rings. The predicted octanol–water partition coefficient (Wildman–Crippen LogP) is 6.26. The third-order valence-corrected chi connectivity index (χ3v) is 8.11. The number of nitrogens with one attached hydrogen (secondary N) is 1. The third-order valence-electron chi connectivity index (χ3n) is 8.11. The van der Waals surface area contributed by atoms with Gasteiger partial charge in [-0.2, -0.15) is 0 Å². The summed E-state index contributed by atoms with van der Waals surface area (Å²) in [4.78, 5) is 13.0. The van der Waals surface area contributed by atoms with Gasteiger partial charge in [-0.05, 0) is 73.6 Å². The fourth-order valence-electron chi connectivity index (χ4n) is 5.17. The molecule has 40 heavy (non-hydrogen) atoms. The summed E-state index contributed by atoms with van der Waals surface area (Å²) >= 11 is 0. The molecule has 1 heterocycles. The van der Waals surface area contributed by atoms with Crippen LogP contribution in [0.5, 0.6) is 11.5 Å². The van der Waals surface area contributed by atoms with Gasteiger partial charge in [-0.3, -0.25) is 0 Å². The molecule has 0 unspecified atom stereocenters. The first-order valence-electron chi connectivity index (χ1n) is 13.5. The largest absolute Gasteiger partial charge is 0.497 e. The number of carbonyl (C=O) groups is 1. The van der Waals surface area contributed by atoms with Gasteiger partial charge in [-0.25, -0.2) is 4.79 Å². The van der Waals surface area contributed by atoms with Gasteiger partial charge in [0, 0.05) is 18.0 Å². The van der Waals surface area contributed by atoms with E-state index in [0.717, 1.165) is 11.0 Å². The van der Waals surface area contributed by atoms with E-state index in [-0.39, 0.29) is 19.1 Å². The molecular formula is C32H36BNO6. The van der Waals surface area contributed by atoms with Crippen LogP contribution in [0.25, 0.3) is 17.2 Å². The van der Waals surface area contributed by atoms with Crippen molar-refractivity contribution in [2.45, 2.75) is 44.8 Å². The number of rotatable bonds is 8. The Labute approximate surface area is 236 Å². The molecule has 0 saturated carbocycles. The van der Waals surface area contributed by atoms with Crippen molar-refractivity contribution in [3.63, 3.8) is 0 Å². The molecule has 1 amide bonds. The van der Waals surface area contributed by atoms with Crippen LogP contribution >= 0.6 is 0 Å². The number of carbonyl (C=O) groups excluding carboxylic acids is 1. The lowest BCUT2D eigenvalue weighted by molar-refractivity contribution is 0.00578. The monoisotopic (exact) mass is 541 g/mol. The van der Waals surface area contributed by atoms with E-state index >= 15 is 0 Å². The van der Waals surface area contributed by atoms with Crippen molar-refractivity contribution in [2.24, 2.45) is 0 Å². The van der Waals surface area contributed by atoms with E-state index in [2.05, 4.69) is 29.6 Å². The lowest BCUT2D eigenvalue weighted by Crippen LogP contribution is -2.41. The molecule has 1 saturated heterocycles. The van der Waals surface area contributed by atoms with E-state index in [1.54, 1.807) is 14.2 Å². The molecule has 7 nitrogen and oxygen atoms in total. The highest BCUT2D eigenvalue weighted by atomic mass is 16.7. The van der Waals surface area contributed by atoms with E-state index < -0.39 is 24.4 Å². The van der Waals surface area contributed by atoms with E-state index in [0.29, 0.717) is 11.5 Å². The van der Waals surface area contributed by atoms with Crippen LogP contribution < -0.4 is 14.8 Å². The summed E-state index contributed by atoms with van der Waals surface area (Å²) in [6, 6.07) is 22.1. The van der Waals surface area contributed by atoms with Crippen molar-refractivity contribution in [3.05, 3.63) is 88.9 Å². The number of methoxy groups -OCH3 is 2. The Morgan fingerprint density at radius 1 is 0.900 bits per heavy atom.